The van der Waals surface area contributed by atoms with Crippen LogP contribution in [0.15, 0.2) is 24.3 Å². The predicted molar refractivity (Wildman–Crippen MR) is 89.5 cm³/mol. The Bertz CT molecular complexity index is 470. The lowest BCUT2D eigenvalue weighted by Gasteiger charge is -2.48. The summed E-state index contributed by atoms with van der Waals surface area (Å²) in [5.41, 5.74) is 3.19. The van der Waals surface area contributed by atoms with Crippen LogP contribution in [0.4, 0.5) is 0 Å². The highest BCUT2D eigenvalue weighted by atomic mass is 15.2. The maximum absolute atomic E-state index is 3.68. The van der Waals surface area contributed by atoms with E-state index in [9.17, 15) is 0 Å². The van der Waals surface area contributed by atoms with Gasteiger partial charge in [0, 0.05) is 24.7 Å². The van der Waals surface area contributed by atoms with Gasteiger partial charge in [0.15, 0.2) is 0 Å². The average molecular weight is 286 g/mol. The summed E-state index contributed by atoms with van der Waals surface area (Å²) in [5.74, 6) is 0.729. The van der Waals surface area contributed by atoms with E-state index in [1.165, 1.54) is 32.2 Å². The van der Waals surface area contributed by atoms with Gasteiger partial charge in [0.2, 0.25) is 0 Å². The molecule has 0 saturated carbocycles. The van der Waals surface area contributed by atoms with Crippen LogP contribution in [0.1, 0.15) is 57.2 Å². The minimum absolute atomic E-state index is 0.648. The molecule has 0 amide bonds. The molecule has 3 rings (SSSR count). The van der Waals surface area contributed by atoms with Gasteiger partial charge in [0.1, 0.15) is 0 Å². The summed E-state index contributed by atoms with van der Waals surface area (Å²) in [6.07, 6.45) is 5.23. The quantitative estimate of drug-likeness (QED) is 0.910. The largest absolute Gasteiger partial charge is 0.314 e. The van der Waals surface area contributed by atoms with Gasteiger partial charge in [-0.05, 0) is 56.2 Å². The Hall–Kier alpha value is -0.860. The lowest BCUT2D eigenvalue weighted by Crippen LogP contribution is -2.54. The highest BCUT2D eigenvalue weighted by molar-refractivity contribution is 5.32. The van der Waals surface area contributed by atoms with Crippen LogP contribution in [0.25, 0.3) is 0 Å². The van der Waals surface area contributed by atoms with Crippen molar-refractivity contribution in [3.63, 3.8) is 0 Å². The molecule has 1 aliphatic heterocycles. The molecule has 0 aromatic heterocycles. The first-order chi connectivity index (χ1) is 10.2. The highest BCUT2D eigenvalue weighted by Gasteiger charge is 2.37. The summed E-state index contributed by atoms with van der Waals surface area (Å²) in [5, 5.41) is 3.68. The summed E-state index contributed by atoms with van der Waals surface area (Å²) in [7, 11) is 0. The topological polar surface area (TPSA) is 15.3 Å². The lowest BCUT2D eigenvalue weighted by atomic mass is 9.81. The Morgan fingerprint density at radius 1 is 1.19 bits per heavy atom. The zero-order valence-corrected chi connectivity index (χ0v) is 13.8. The summed E-state index contributed by atoms with van der Waals surface area (Å²) >= 11 is 0. The molecule has 2 nitrogen and oxygen atoms in total. The van der Waals surface area contributed by atoms with Gasteiger partial charge >= 0.3 is 0 Å². The van der Waals surface area contributed by atoms with E-state index in [1.54, 1.807) is 11.1 Å². The third-order valence-electron chi connectivity index (χ3n) is 5.82. The van der Waals surface area contributed by atoms with Crippen molar-refractivity contribution in [3.8, 4) is 0 Å². The number of likely N-dealkylation sites (tertiary alicyclic amines) is 1. The van der Waals surface area contributed by atoms with Crippen LogP contribution in [-0.4, -0.2) is 30.1 Å². The Kier molecular flexibility index (Phi) is 4.66. The van der Waals surface area contributed by atoms with E-state index < -0.39 is 0 Å². The van der Waals surface area contributed by atoms with E-state index in [4.69, 9.17) is 0 Å². The second-order valence-corrected chi connectivity index (χ2v) is 6.90. The molecular weight excluding hydrogens is 256 g/mol. The fourth-order valence-electron chi connectivity index (χ4n) is 4.46. The van der Waals surface area contributed by atoms with E-state index in [1.807, 2.05) is 0 Å². The molecule has 21 heavy (non-hydrogen) atoms. The van der Waals surface area contributed by atoms with Crippen LogP contribution >= 0.6 is 0 Å². The van der Waals surface area contributed by atoms with Gasteiger partial charge in [-0.2, -0.15) is 0 Å². The number of benzene rings is 1. The average Bonchev–Trinajstić information content (AvgIpc) is 2.52. The molecule has 0 radical (unpaired) electrons. The van der Waals surface area contributed by atoms with E-state index in [0.717, 1.165) is 12.5 Å². The number of hydrogen-bond acceptors (Lipinski definition) is 2. The first-order valence-corrected chi connectivity index (χ1v) is 8.79. The van der Waals surface area contributed by atoms with Gasteiger partial charge in [-0.3, -0.25) is 4.90 Å². The highest BCUT2D eigenvalue weighted by Crippen LogP contribution is 2.38. The van der Waals surface area contributed by atoms with Crippen molar-refractivity contribution in [2.75, 3.05) is 13.1 Å². The molecule has 1 aromatic rings. The Labute approximate surface area is 129 Å². The van der Waals surface area contributed by atoms with Crippen molar-refractivity contribution < 1.29 is 0 Å². The van der Waals surface area contributed by atoms with E-state index >= 15 is 0 Å². The third kappa shape index (κ3) is 2.89. The maximum atomic E-state index is 3.68. The van der Waals surface area contributed by atoms with Crippen molar-refractivity contribution in [2.24, 2.45) is 5.92 Å². The Balaban J connectivity index is 1.79. The normalized spacial score (nSPS) is 33.7. The molecule has 1 fully saturated rings. The standard InChI is InChI=1S/C19H30N2/c1-4-20-18-12-13-21(15(3)14(18)2)19-11-7-9-16-8-5-6-10-17(16)19/h5-6,8,10,14-15,18-20H,4,7,9,11-13H2,1-3H3. The summed E-state index contributed by atoms with van der Waals surface area (Å²) in [4.78, 5) is 2.79. The first-order valence-electron chi connectivity index (χ1n) is 8.79. The molecule has 1 aliphatic carbocycles. The van der Waals surface area contributed by atoms with Gasteiger partial charge in [-0.1, -0.05) is 38.1 Å². The number of nitrogens with one attached hydrogen (secondary N) is 1. The smallest absolute Gasteiger partial charge is 0.0353 e. The molecule has 116 valence electrons. The molecule has 1 aromatic carbocycles. The van der Waals surface area contributed by atoms with Crippen LogP contribution in [0, 0.1) is 5.92 Å². The number of piperidine rings is 1. The second-order valence-electron chi connectivity index (χ2n) is 6.90. The Morgan fingerprint density at radius 3 is 2.81 bits per heavy atom. The van der Waals surface area contributed by atoms with Crippen LogP contribution in [0.5, 0.6) is 0 Å². The molecule has 4 atom stereocenters. The number of nitrogens with zero attached hydrogens (tertiary/aromatic N) is 1. The van der Waals surface area contributed by atoms with Crippen molar-refractivity contribution in [2.45, 2.75) is 64.6 Å². The van der Waals surface area contributed by atoms with Crippen LogP contribution < -0.4 is 5.32 Å². The minimum Gasteiger partial charge on any atom is -0.314 e. The summed E-state index contributed by atoms with van der Waals surface area (Å²) in [6, 6.07) is 11.1. The molecule has 0 spiro atoms. The summed E-state index contributed by atoms with van der Waals surface area (Å²) < 4.78 is 0. The zero-order valence-electron chi connectivity index (χ0n) is 13.8. The zero-order chi connectivity index (χ0) is 14.8. The van der Waals surface area contributed by atoms with Crippen molar-refractivity contribution in [1.82, 2.24) is 10.2 Å². The number of aryl methyl sites for hydroxylation is 1. The molecule has 4 unspecified atom stereocenters. The van der Waals surface area contributed by atoms with Crippen molar-refractivity contribution in [1.29, 1.82) is 0 Å². The van der Waals surface area contributed by atoms with E-state index in [-0.39, 0.29) is 0 Å². The molecule has 1 saturated heterocycles. The maximum Gasteiger partial charge on any atom is 0.0353 e. The van der Waals surface area contributed by atoms with E-state index in [2.05, 4.69) is 55.3 Å². The number of fused-ring (bicyclic) bond motifs is 1. The lowest BCUT2D eigenvalue weighted by molar-refractivity contribution is 0.0396. The van der Waals surface area contributed by atoms with Gasteiger partial charge in [-0.15, -0.1) is 0 Å². The molecular formula is C19H30N2. The number of rotatable bonds is 3. The molecule has 2 aliphatic rings. The molecule has 2 heteroatoms. The van der Waals surface area contributed by atoms with Crippen LogP contribution in [-0.2, 0) is 6.42 Å². The second kappa shape index (κ2) is 6.50. The minimum atomic E-state index is 0.648. The molecule has 1 heterocycles. The fourth-order valence-corrected chi connectivity index (χ4v) is 4.46. The monoisotopic (exact) mass is 286 g/mol. The SMILES string of the molecule is CCNC1CCN(C2CCCc3ccccc32)C(C)C1C. The van der Waals surface area contributed by atoms with Gasteiger partial charge in [0.05, 0.1) is 0 Å². The van der Waals surface area contributed by atoms with Gasteiger partial charge in [0.25, 0.3) is 0 Å². The van der Waals surface area contributed by atoms with Crippen molar-refractivity contribution in [3.05, 3.63) is 35.4 Å². The molecule has 0 bridgehead atoms. The Morgan fingerprint density at radius 2 is 2.00 bits per heavy atom. The van der Waals surface area contributed by atoms with Crippen molar-refractivity contribution >= 4 is 0 Å². The molecule has 1 N–H and O–H groups in total. The fraction of sp³-hybridized carbons (Fsp3) is 0.684. The third-order valence-corrected chi connectivity index (χ3v) is 5.82. The predicted octanol–water partition coefficient (Wildman–Crippen LogP) is 3.77. The van der Waals surface area contributed by atoms with E-state index in [0.29, 0.717) is 18.1 Å². The van der Waals surface area contributed by atoms with Crippen LogP contribution in [0.2, 0.25) is 0 Å². The van der Waals surface area contributed by atoms with Gasteiger partial charge in [-0.25, -0.2) is 0 Å². The van der Waals surface area contributed by atoms with Gasteiger partial charge < -0.3 is 5.32 Å². The summed E-state index contributed by atoms with van der Waals surface area (Å²) in [6.45, 7) is 9.42. The number of hydrogen-bond donors (Lipinski definition) is 1. The van der Waals surface area contributed by atoms with Crippen LogP contribution in [0.3, 0.4) is 0 Å². The first kappa shape index (κ1) is 15.1.